The van der Waals surface area contributed by atoms with Gasteiger partial charge in [0.1, 0.15) is 5.82 Å². The Morgan fingerprint density at radius 3 is 2.24 bits per heavy atom. The van der Waals surface area contributed by atoms with E-state index in [1.807, 2.05) is 51.1 Å². The SMILES string of the molecule is CC(C)c1c(C(=O)N[C@H](C)c2ccccc2)nn(-c2ccc(F)cc2)c1CC[C@@H](O)C[C@@H](O)CC(=O)[O-].[Na+]. The van der Waals surface area contributed by atoms with Crippen molar-refractivity contribution in [2.24, 2.45) is 0 Å². The minimum Gasteiger partial charge on any atom is -0.550 e. The zero-order valence-corrected chi connectivity index (χ0v) is 24.2. The van der Waals surface area contributed by atoms with E-state index in [9.17, 15) is 29.3 Å². The van der Waals surface area contributed by atoms with Gasteiger partial charge >= 0.3 is 29.6 Å². The largest absolute Gasteiger partial charge is 1.00 e. The number of carboxylic acid groups (broad SMARTS) is 1. The monoisotopic (exact) mass is 533 g/mol. The molecular weight excluding hydrogens is 500 g/mol. The average molecular weight is 534 g/mol. The van der Waals surface area contributed by atoms with Gasteiger partial charge in [-0.15, -0.1) is 0 Å². The van der Waals surface area contributed by atoms with Gasteiger partial charge in [-0.3, -0.25) is 4.79 Å². The molecule has 2 aromatic carbocycles. The van der Waals surface area contributed by atoms with E-state index in [0.717, 1.165) is 5.56 Å². The molecule has 0 saturated heterocycles. The first-order chi connectivity index (χ1) is 17.6. The number of carboxylic acids is 1. The first kappa shape index (κ1) is 31.7. The number of amides is 1. The van der Waals surface area contributed by atoms with Crippen LogP contribution in [0.2, 0.25) is 0 Å². The van der Waals surface area contributed by atoms with Crippen molar-refractivity contribution in [3.05, 3.63) is 82.9 Å². The second kappa shape index (κ2) is 14.6. The summed E-state index contributed by atoms with van der Waals surface area (Å²) in [6.45, 7) is 5.76. The van der Waals surface area contributed by atoms with Crippen molar-refractivity contribution in [2.75, 3.05) is 0 Å². The number of nitrogens with zero attached hydrogens (tertiary/aromatic N) is 2. The summed E-state index contributed by atoms with van der Waals surface area (Å²) in [5.41, 5.74) is 3.11. The van der Waals surface area contributed by atoms with Crippen LogP contribution in [0.1, 0.15) is 79.3 Å². The van der Waals surface area contributed by atoms with E-state index < -0.39 is 30.4 Å². The fourth-order valence-electron chi connectivity index (χ4n) is 4.38. The predicted octanol–water partition coefficient (Wildman–Crippen LogP) is -0.186. The molecule has 10 heteroatoms. The van der Waals surface area contributed by atoms with E-state index in [0.29, 0.717) is 23.4 Å². The van der Waals surface area contributed by atoms with Crippen molar-refractivity contribution in [3.63, 3.8) is 0 Å². The quantitative estimate of drug-likeness (QED) is 0.277. The zero-order chi connectivity index (χ0) is 27.1. The van der Waals surface area contributed by atoms with Crippen LogP contribution in [0.25, 0.3) is 5.69 Å². The molecule has 198 valence electrons. The van der Waals surface area contributed by atoms with Crippen molar-refractivity contribution < 1.29 is 58.9 Å². The number of nitrogens with one attached hydrogen (secondary N) is 1. The van der Waals surface area contributed by atoms with Gasteiger partial charge in [-0.05, 0) is 61.9 Å². The number of rotatable bonds is 12. The number of aromatic nitrogens is 2. The normalized spacial score (nSPS) is 13.4. The third-order valence-electron chi connectivity index (χ3n) is 6.19. The van der Waals surface area contributed by atoms with Gasteiger partial charge in [0, 0.05) is 23.6 Å². The molecule has 3 rings (SSSR count). The predicted molar refractivity (Wildman–Crippen MR) is 135 cm³/mol. The van der Waals surface area contributed by atoms with Crippen molar-refractivity contribution in [3.8, 4) is 5.69 Å². The molecule has 1 heterocycles. The van der Waals surface area contributed by atoms with Gasteiger partial charge in [-0.2, -0.15) is 5.10 Å². The van der Waals surface area contributed by atoms with Gasteiger partial charge in [0.25, 0.3) is 5.91 Å². The number of benzene rings is 2. The zero-order valence-electron chi connectivity index (χ0n) is 22.2. The van der Waals surface area contributed by atoms with Crippen molar-refractivity contribution in [1.29, 1.82) is 0 Å². The number of aliphatic hydroxyl groups is 2. The van der Waals surface area contributed by atoms with Crippen molar-refractivity contribution in [1.82, 2.24) is 15.1 Å². The van der Waals surface area contributed by atoms with E-state index in [4.69, 9.17) is 0 Å². The molecule has 0 aliphatic rings. The fraction of sp³-hybridized carbons (Fsp3) is 0.393. The van der Waals surface area contributed by atoms with Crippen LogP contribution >= 0.6 is 0 Å². The number of hydrogen-bond donors (Lipinski definition) is 3. The Bertz CT molecular complexity index is 1200. The Kier molecular flexibility index (Phi) is 12.1. The number of carbonyl (C=O) groups excluding carboxylic acids is 2. The van der Waals surface area contributed by atoms with Crippen LogP contribution in [0.3, 0.4) is 0 Å². The molecule has 0 aliphatic heterocycles. The van der Waals surface area contributed by atoms with Gasteiger partial charge in [-0.1, -0.05) is 44.2 Å². The Morgan fingerprint density at radius 1 is 1.03 bits per heavy atom. The van der Waals surface area contributed by atoms with Crippen LogP contribution in [-0.4, -0.2) is 44.1 Å². The fourth-order valence-corrected chi connectivity index (χ4v) is 4.38. The summed E-state index contributed by atoms with van der Waals surface area (Å²) in [5, 5.41) is 38.6. The smallest absolute Gasteiger partial charge is 0.550 e. The maximum atomic E-state index is 13.6. The molecule has 0 aliphatic carbocycles. The molecule has 0 bridgehead atoms. The number of carbonyl (C=O) groups is 2. The standard InChI is InChI=1S/C28H34FN3O5.Na/c1-17(2)26-24(14-13-22(33)15-23(34)16-25(35)36)32(21-11-9-20(29)10-12-21)31-27(26)28(37)30-18(3)19-7-5-4-6-8-19;/h4-12,17-18,22-23,33-34H,13-16H2,1-3H3,(H,30,37)(H,35,36);/q;+1/p-1/t18-,22-,23-;/m1./s1. The van der Waals surface area contributed by atoms with Gasteiger partial charge in [0.15, 0.2) is 5.69 Å². The van der Waals surface area contributed by atoms with Crippen molar-refractivity contribution >= 4 is 11.9 Å². The summed E-state index contributed by atoms with van der Waals surface area (Å²) in [4.78, 5) is 24.1. The molecule has 1 amide bonds. The van der Waals surface area contributed by atoms with Crippen LogP contribution in [-0.2, 0) is 11.2 Å². The topological polar surface area (TPSA) is 128 Å². The van der Waals surface area contributed by atoms with E-state index >= 15 is 0 Å². The first-order valence-electron chi connectivity index (χ1n) is 12.4. The van der Waals surface area contributed by atoms with Crippen LogP contribution in [0.15, 0.2) is 54.6 Å². The van der Waals surface area contributed by atoms with E-state index in [-0.39, 0.29) is 66.0 Å². The summed E-state index contributed by atoms with van der Waals surface area (Å²) in [6, 6.07) is 15.0. The third-order valence-corrected chi connectivity index (χ3v) is 6.19. The molecule has 0 fully saturated rings. The molecule has 0 radical (unpaired) electrons. The van der Waals surface area contributed by atoms with Gasteiger partial charge in [0.2, 0.25) is 0 Å². The summed E-state index contributed by atoms with van der Waals surface area (Å²) in [7, 11) is 0. The maximum absolute atomic E-state index is 13.6. The minimum atomic E-state index is -1.39. The molecule has 0 spiro atoms. The van der Waals surface area contributed by atoms with E-state index in [2.05, 4.69) is 10.4 Å². The molecule has 38 heavy (non-hydrogen) atoms. The molecule has 1 aromatic heterocycles. The summed E-state index contributed by atoms with van der Waals surface area (Å²) in [5.74, 6) is -2.25. The second-order valence-corrected chi connectivity index (χ2v) is 9.52. The number of aliphatic hydroxyl groups excluding tert-OH is 2. The number of aliphatic carboxylic acids is 1. The minimum absolute atomic E-state index is 0. The van der Waals surface area contributed by atoms with Crippen molar-refractivity contribution in [2.45, 2.75) is 70.6 Å². The molecule has 8 nitrogen and oxygen atoms in total. The van der Waals surface area contributed by atoms with Gasteiger partial charge in [0.05, 0.1) is 23.9 Å². The molecule has 0 saturated carbocycles. The van der Waals surface area contributed by atoms with Crippen LogP contribution in [0, 0.1) is 5.82 Å². The third kappa shape index (κ3) is 8.47. The molecule has 0 unspecified atom stereocenters. The molecule has 3 atom stereocenters. The van der Waals surface area contributed by atoms with Gasteiger partial charge in [-0.25, -0.2) is 9.07 Å². The van der Waals surface area contributed by atoms with Crippen LogP contribution in [0.5, 0.6) is 0 Å². The van der Waals surface area contributed by atoms with E-state index in [1.165, 1.54) is 12.1 Å². The summed E-state index contributed by atoms with van der Waals surface area (Å²) < 4.78 is 15.2. The Labute approximate surface area is 244 Å². The Morgan fingerprint density at radius 2 is 1.66 bits per heavy atom. The van der Waals surface area contributed by atoms with Crippen LogP contribution in [0.4, 0.5) is 4.39 Å². The number of halogens is 1. The van der Waals surface area contributed by atoms with E-state index in [1.54, 1.807) is 16.8 Å². The maximum Gasteiger partial charge on any atom is 1.00 e. The molecule has 3 aromatic rings. The first-order valence-corrected chi connectivity index (χ1v) is 12.4. The average Bonchev–Trinajstić information content (AvgIpc) is 3.23. The molecule has 3 N–H and O–H groups in total. The van der Waals surface area contributed by atoms with Gasteiger partial charge < -0.3 is 25.4 Å². The Balaban J connectivity index is 0.00000507. The Hall–Kier alpha value is -2.56. The van der Waals surface area contributed by atoms with Crippen LogP contribution < -0.4 is 40.0 Å². The summed E-state index contributed by atoms with van der Waals surface area (Å²) in [6.07, 6.45) is -2.42. The number of hydrogen-bond acceptors (Lipinski definition) is 6. The molecular formula is C28H33FN3NaO5. The second-order valence-electron chi connectivity index (χ2n) is 9.52. The summed E-state index contributed by atoms with van der Waals surface area (Å²) >= 11 is 0.